The van der Waals surface area contributed by atoms with Crippen molar-refractivity contribution >= 4 is 32.4 Å². The zero-order valence-corrected chi connectivity index (χ0v) is 12.4. The summed E-state index contributed by atoms with van der Waals surface area (Å²) in [5.74, 6) is 0.496. The normalized spacial score (nSPS) is 12.6. The maximum Gasteiger partial charge on any atom is 0.0619 e. The van der Waals surface area contributed by atoms with Gasteiger partial charge < -0.3 is 10.5 Å². The summed E-state index contributed by atoms with van der Waals surface area (Å²) < 4.78 is 18.2. The number of benzene rings is 1. The molecule has 0 aliphatic heterocycles. The number of hydrogen-bond donors (Lipinski definition) is 1. The monoisotopic (exact) mass is 319 g/mol. The number of nitrogen functional groups attached to an aromatic ring is 1. The maximum absolute atomic E-state index is 11.9. The average Bonchev–Trinajstić information content (AvgIpc) is 2.28. The fourth-order valence-electron chi connectivity index (χ4n) is 1.32. The highest BCUT2D eigenvalue weighted by atomic mass is 79.9. The molecule has 1 aromatic rings. The van der Waals surface area contributed by atoms with E-state index in [1.54, 1.807) is 12.1 Å². The Morgan fingerprint density at radius 2 is 2.18 bits per heavy atom. The molecule has 0 fully saturated rings. The molecule has 1 atom stereocenters. The van der Waals surface area contributed by atoms with E-state index in [-0.39, 0.29) is 0 Å². The van der Waals surface area contributed by atoms with Gasteiger partial charge in [0.1, 0.15) is 0 Å². The van der Waals surface area contributed by atoms with E-state index >= 15 is 0 Å². The van der Waals surface area contributed by atoms with Gasteiger partial charge in [-0.05, 0) is 24.6 Å². The fourth-order valence-corrected chi connectivity index (χ4v) is 2.73. The van der Waals surface area contributed by atoms with Crippen molar-refractivity contribution in [2.45, 2.75) is 24.7 Å². The first-order chi connectivity index (χ1) is 8.15. The number of halogens is 1. The van der Waals surface area contributed by atoms with Crippen LogP contribution in [0.5, 0.6) is 0 Å². The van der Waals surface area contributed by atoms with Crippen molar-refractivity contribution in [1.82, 2.24) is 0 Å². The van der Waals surface area contributed by atoms with Gasteiger partial charge in [-0.15, -0.1) is 0 Å². The smallest absolute Gasteiger partial charge is 0.0619 e. The molecule has 0 aromatic heterocycles. The highest BCUT2D eigenvalue weighted by Gasteiger charge is 2.08. The summed E-state index contributed by atoms with van der Waals surface area (Å²) in [4.78, 5) is 0.687. The quantitative estimate of drug-likeness (QED) is 0.621. The van der Waals surface area contributed by atoms with Crippen molar-refractivity contribution < 1.29 is 8.95 Å². The van der Waals surface area contributed by atoms with Crippen molar-refractivity contribution in [2.75, 3.05) is 24.7 Å². The number of hydrogen-bond acceptors (Lipinski definition) is 3. The van der Waals surface area contributed by atoms with Gasteiger partial charge >= 0.3 is 0 Å². The van der Waals surface area contributed by atoms with Crippen LogP contribution in [0.2, 0.25) is 0 Å². The van der Waals surface area contributed by atoms with Gasteiger partial charge in [-0.1, -0.05) is 29.3 Å². The second kappa shape index (κ2) is 7.84. The lowest BCUT2D eigenvalue weighted by Gasteiger charge is -2.07. The Kier molecular flexibility index (Phi) is 6.77. The molecule has 0 bridgehead atoms. The van der Waals surface area contributed by atoms with Gasteiger partial charge in [0.05, 0.1) is 28.1 Å². The molecule has 0 spiro atoms. The van der Waals surface area contributed by atoms with Crippen molar-refractivity contribution in [1.29, 1.82) is 0 Å². The Morgan fingerprint density at radius 3 is 2.82 bits per heavy atom. The molecule has 0 amide bonds. The zero-order chi connectivity index (χ0) is 12.7. The third kappa shape index (κ3) is 5.19. The molecule has 17 heavy (non-hydrogen) atoms. The first-order valence-corrected chi connectivity index (χ1v) is 7.77. The summed E-state index contributed by atoms with van der Waals surface area (Å²) in [7, 11) is -1.08. The van der Waals surface area contributed by atoms with Crippen LogP contribution >= 0.6 is 15.9 Å². The molecule has 1 rings (SSSR count). The Hall–Kier alpha value is -0.390. The van der Waals surface area contributed by atoms with Gasteiger partial charge in [-0.2, -0.15) is 0 Å². The Balaban J connectivity index is 2.42. The van der Waals surface area contributed by atoms with Crippen molar-refractivity contribution in [3.63, 3.8) is 0 Å². The van der Waals surface area contributed by atoms with Crippen molar-refractivity contribution in [3.05, 3.63) is 22.7 Å². The van der Waals surface area contributed by atoms with E-state index < -0.39 is 10.8 Å². The van der Waals surface area contributed by atoms with Gasteiger partial charge in [0, 0.05) is 16.8 Å². The molecule has 0 aliphatic carbocycles. The number of rotatable bonds is 7. The van der Waals surface area contributed by atoms with Crippen molar-refractivity contribution in [3.8, 4) is 0 Å². The van der Waals surface area contributed by atoms with Gasteiger partial charge in [-0.25, -0.2) is 0 Å². The van der Waals surface area contributed by atoms with Gasteiger partial charge in [0.25, 0.3) is 0 Å². The van der Waals surface area contributed by atoms with E-state index in [2.05, 4.69) is 22.9 Å². The zero-order valence-electron chi connectivity index (χ0n) is 9.95. The Bertz CT molecular complexity index is 385. The first-order valence-electron chi connectivity index (χ1n) is 5.66. The van der Waals surface area contributed by atoms with E-state index in [1.165, 1.54) is 0 Å². The van der Waals surface area contributed by atoms with Crippen LogP contribution in [-0.2, 0) is 15.5 Å². The minimum absolute atomic E-state index is 0.496. The van der Waals surface area contributed by atoms with E-state index in [1.807, 2.05) is 6.07 Å². The summed E-state index contributed by atoms with van der Waals surface area (Å²) >= 11 is 3.32. The van der Waals surface area contributed by atoms with E-state index in [4.69, 9.17) is 10.5 Å². The summed E-state index contributed by atoms with van der Waals surface area (Å²) in [6, 6.07) is 5.41. The van der Waals surface area contributed by atoms with Crippen LogP contribution in [0.1, 0.15) is 19.8 Å². The molecular weight excluding hydrogens is 302 g/mol. The molecule has 2 N–H and O–H groups in total. The van der Waals surface area contributed by atoms with E-state index in [0.717, 1.165) is 23.9 Å². The predicted molar refractivity (Wildman–Crippen MR) is 75.6 cm³/mol. The highest BCUT2D eigenvalue weighted by molar-refractivity contribution is 9.10. The molecule has 1 aromatic carbocycles. The SMILES string of the molecule is CCCCOCCS(=O)c1ccc(Br)cc1N. The standard InChI is InChI=1S/C12H18BrNO2S/c1-2-3-6-16-7-8-17(15)12-5-4-10(13)9-11(12)14/h4-5,9H,2-3,6-8,14H2,1H3. The number of nitrogens with two attached hydrogens (primary N) is 1. The van der Waals surface area contributed by atoms with Gasteiger partial charge in [0.15, 0.2) is 0 Å². The average molecular weight is 320 g/mol. The minimum atomic E-state index is -1.08. The lowest BCUT2D eigenvalue weighted by molar-refractivity contribution is 0.146. The second-order valence-electron chi connectivity index (χ2n) is 3.70. The molecule has 5 heteroatoms. The number of ether oxygens (including phenoxy) is 1. The summed E-state index contributed by atoms with van der Waals surface area (Å²) in [5.41, 5.74) is 6.37. The lowest BCUT2D eigenvalue weighted by Crippen LogP contribution is -2.08. The molecule has 1 unspecified atom stereocenters. The van der Waals surface area contributed by atoms with Gasteiger partial charge in [0.2, 0.25) is 0 Å². The lowest BCUT2D eigenvalue weighted by atomic mass is 10.3. The second-order valence-corrected chi connectivity index (χ2v) is 6.15. The first kappa shape index (κ1) is 14.7. The highest BCUT2D eigenvalue weighted by Crippen LogP contribution is 2.21. The Morgan fingerprint density at radius 1 is 1.41 bits per heavy atom. The van der Waals surface area contributed by atoms with E-state index in [0.29, 0.717) is 22.9 Å². The molecule has 0 saturated heterocycles. The summed E-state index contributed by atoms with van der Waals surface area (Å²) in [5, 5.41) is 0. The fraction of sp³-hybridized carbons (Fsp3) is 0.500. The third-order valence-electron chi connectivity index (χ3n) is 2.27. The van der Waals surface area contributed by atoms with E-state index in [9.17, 15) is 4.21 Å². The van der Waals surface area contributed by atoms with Crippen LogP contribution in [0.4, 0.5) is 5.69 Å². The molecular formula is C12H18BrNO2S. The number of unbranched alkanes of at least 4 members (excludes halogenated alkanes) is 1. The maximum atomic E-state index is 11.9. The van der Waals surface area contributed by atoms with Gasteiger partial charge in [-0.3, -0.25) is 4.21 Å². The number of anilines is 1. The van der Waals surface area contributed by atoms with Crippen molar-refractivity contribution in [2.24, 2.45) is 0 Å². The van der Waals surface area contributed by atoms with Crippen LogP contribution in [-0.4, -0.2) is 23.2 Å². The van der Waals surface area contributed by atoms with Crippen LogP contribution in [0.3, 0.4) is 0 Å². The topological polar surface area (TPSA) is 52.3 Å². The molecule has 3 nitrogen and oxygen atoms in total. The molecule has 0 saturated carbocycles. The van der Waals surface area contributed by atoms with Crippen LogP contribution in [0, 0.1) is 0 Å². The molecule has 96 valence electrons. The summed E-state index contributed by atoms with van der Waals surface area (Å²) in [6.07, 6.45) is 2.16. The van der Waals surface area contributed by atoms with Crippen LogP contribution in [0.25, 0.3) is 0 Å². The van der Waals surface area contributed by atoms with Crippen LogP contribution in [0.15, 0.2) is 27.6 Å². The largest absolute Gasteiger partial charge is 0.398 e. The predicted octanol–water partition coefficient (Wildman–Crippen LogP) is 2.96. The van der Waals surface area contributed by atoms with Crippen LogP contribution < -0.4 is 5.73 Å². The minimum Gasteiger partial charge on any atom is -0.398 e. The molecule has 0 heterocycles. The molecule has 0 aliphatic rings. The third-order valence-corrected chi connectivity index (χ3v) is 4.17. The Labute approximate surface area is 113 Å². The summed E-state index contributed by atoms with van der Waals surface area (Å²) in [6.45, 7) is 3.37. The molecule has 0 radical (unpaired) electrons.